The third-order valence-corrected chi connectivity index (χ3v) is 3.75. The maximum atomic E-state index is 12.2. The van der Waals surface area contributed by atoms with Gasteiger partial charge in [0.1, 0.15) is 5.75 Å². The van der Waals surface area contributed by atoms with E-state index in [0.29, 0.717) is 12.5 Å². The van der Waals surface area contributed by atoms with Crippen molar-refractivity contribution < 1.29 is 9.53 Å². The molecule has 1 aromatic carbocycles. The lowest BCUT2D eigenvalue weighted by Gasteiger charge is -2.32. The molecule has 2 rings (SSSR count). The molecule has 0 aromatic heterocycles. The summed E-state index contributed by atoms with van der Waals surface area (Å²) >= 11 is 0. The Kier molecular flexibility index (Phi) is 6.05. The highest BCUT2D eigenvalue weighted by molar-refractivity contribution is 5.76. The fourth-order valence-corrected chi connectivity index (χ4v) is 2.54. The number of hydrogen-bond acceptors (Lipinski definition) is 3. The van der Waals surface area contributed by atoms with Gasteiger partial charge < -0.3 is 15.0 Å². The molecule has 1 fully saturated rings. The van der Waals surface area contributed by atoms with E-state index in [0.717, 1.165) is 44.8 Å². The van der Waals surface area contributed by atoms with Crippen LogP contribution in [-0.4, -0.2) is 43.1 Å². The molecule has 0 spiro atoms. The Bertz CT molecular complexity index is 445. The lowest BCUT2D eigenvalue weighted by molar-refractivity contribution is -0.132. The smallest absolute Gasteiger partial charge is 0.222 e. The van der Waals surface area contributed by atoms with Gasteiger partial charge in [0.05, 0.1) is 6.61 Å². The number of benzene rings is 1. The SMILES string of the molecule is CCCOc1ccc(CCC(=O)N2CCNC(C)C2)cc1. The highest BCUT2D eigenvalue weighted by atomic mass is 16.5. The van der Waals surface area contributed by atoms with E-state index >= 15 is 0 Å². The number of piperazine rings is 1. The van der Waals surface area contributed by atoms with E-state index in [4.69, 9.17) is 4.74 Å². The summed E-state index contributed by atoms with van der Waals surface area (Å²) in [5.74, 6) is 1.16. The van der Waals surface area contributed by atoms with Gasteiger partial charge in [-0.25, -0.2) is 0 Å². The standard InChI is InChI=1S/C17H26N2O2/c1-3-12-21-16-7-4-15(5-8-16)6-9-17(20)19-11-10-18-14(2)13-19/h4-5,7-8,14,18H,3,6,9-13H2,1-2H3. The van der Waals surface area contributed by atoms with Crippen LogP contribution in [0.1, 0.15) is 32.3 Å². The monoisotopic (exact) mass is 290 g/mol. The van der Waals surface area contributed by atoms with Crippen molar-refractivity contribution >= 4 is 5.91 Å². The van der Waals surface area contributed by atoms with Crippen molar-refractivity contribution in [2.75, 3.05) is 26.2 Å². The number of amides is 1. The second-order valence-electron chi connectivity index (χ2n) is 5.69. The minimum Gasteiger partial charge on any atom is -0.494 e. The van der Waals surface area contributed by atoms with E-state index in [9.17, 15) is 4.79 Å². The molecule has 21 heavy (non-hydrogen) atoms. The van der Waals surface area contributed by atoms with Crippen LogP contribution in [0.2, 0.25) is 0 Å². The number of rotatable bonds is 6. The van der Waals surface area contributed by atoms with Crippen LogP contribution in [0.15, 0.2) is 24.3 Å². The predicted octanol–water partition coefficient (Wildman–Crippen LogP) is 2.23. The third kappa shape index (κ3) is 5.05. The molecule has 0 bridgehead atoms. The fourth-order valence-electron chi connectivity index (χ4n) is 2.54. The van der Waals surface area contributed by atoms with Crippen LogP contribution in [0.4, 0.5) is 0 Å². The molecule has 1 amide bonds. The number of ether oxygens (including phenoxy) is 1. The van der Waals surface area contributed by atoms with Gasteiger partial charge in [-0.05, 0) is 37.5 Å². The molecule has 4 heteroatoms. The number of aryl methyl sites for hydroxylation is 1. The molecule has 1 aromatic rings. The molecule has 1 atom stereocenters. The van der Waals surface area contributed by atoms with Crippen LogP contribution < -0.4 is 10.1 Å². The van der Waals surface area contributed by atoms with Crippen molar-refractivity contribution in [2.24, 2.45) is 0 Å². The average molecular weight is 290 g/mol. The first-order valence-electron chi connectivity index (χ1n) is 7.92. The quantitative estimate of drug-likeness (QED) is 0.873. The summed E-state index contributed by atoms with van der Waals surface area (Å²) in [5, 5.41) is 3.36. The molecule has 4 nitrogen and oxygen atoms in total. The summed E-state index contributed by atoms with van der Waals surface area (Å²) < 4.78 is 5.56. The van der Waals surface area contributed by atoms with Crippen LogP contribution in [0.3, 0.4) is 0 Å². The summed E-state index contributed by atoms with van der Waals surface area (Å²) in [6.45, 7) is 7.51. The van der Waals surface area contributed by atoms with Crippen LogP contribution in [0.25, 0.3) is 0 Å². The van der Waals surface area contributed by atoms with E-state index in [1.54, 1.807) is 0 Å². The molecule has 1 aliphatic rings. The lowest BCUT2D eigenvalue weighted by Crippen LogP contribution is -2.51. The van der Waals surface area contributed by atoms with Gasteiger partial charge in [-0.3, -0.25) is 4.79 Å². The highest BCUT2D eigenvalue weighted by Gasteiger charge is 2.19. The first-order valence-corrected chi connectivity index (χ1v) is 7.92. The number of carbonyl (C=O) groups excluding carboxylic acids is 1. The number of carbonyl (C=O) groups is 1. The summed E-state index contributed by atoms with van der Waals surface area (Å²) in [5.41, 5.74) is 1.19. The van der Waals surface area contributed by atoms with Gasteiger partial charge >= 0.3 is 0 Å². The van der Waals surface area contributed by atoms with Crippen LogP contribution in [0.5, 0.6) is 5.75 Å². The van der Waals surface area contributed by atoms with Gasteiger partial charge in [0.15, 0.2) is 0 Å². The summed E-state index contributed by atoms with van der Waals surface area (Å²) in [6.07, 6.45) is 2.40. The zero-order valence-corrected chi connectivity index (χ0v) is 13.1. The fraction of sp³-hybridized carbons (Fsp3) is 0.588. The molecule has 1 heterocycles. The Hall–Kier alpha value is -1.55. The number of nitrogens with one attached hydrogen (secondary N) is 1. The molecule has 0 aliphatic carbocycles. The van der Waals surface area contributed by atoms with E-state index in [-0.39, 0.29) is 5.91 Å². The van der Waals surface area contributed by atoms with Gasteiger partial charge in [0, 0.05) is 32.1 Å². The minimum absolute atomic E-state index is 0.259. The maximum Gasteiger partial charge on any atom is 0.222 e. The average Bonchev–Trinajstić information content (AvgIpc) is 2.51. The summed E-state index contributed by atoms with van der Waals surface area (Å²) in [7, 11) is 0. The van der Waals surface area contributed by atoms with Crippen molar-refractivity contribution in [1.29, 1.82) is 0 Å². The van der Waals surface area contributed by atoms with Gasteiger partial charge in [-0.2, -0.15) is 0 Å². The normalized spacial score (nSPS) is 18.6. The van der Waals surface area contributed by atoms with Crippen LogP contribution >= 0.6 is 0 Å². The van der Waals surface area contributed by atoms with Gasteiger partial charge in [-0.1, -0.05) is 19.1 Å². The van der Waals surface area contributed by atoms with Crippen molar-refractivity contribution in [1.82, 2.24) is 10.2 Å². The Morgan fingerprint density at radius 2 is 2.14 bits per heavy atom. The Morgan fingerprint density at radius 1 is 1.38 bits per heavy atom. The van der Waals surface area contributed by atoms with Crippen molar-refractivity contribution in [3.05, 3.63) is 29.8 Å². The Labute approximate surface area is 127 Å². The molecule has 116 valence electrons. The first kappa shape index (κ1) is 15.8. The minimum atomic E-state index is 0.259. The number of hydrogen-bond donors (Lipinski definition) is 1. The third-order valence-electron chi connectivity index (χ3n) is 3.75. The Morgan fingerprint density at radius 3 is 2.81 bits per heavy atom. The number of nitrogens with zero attached hydrogens (tertiary/aromatic N) is 1. The second-order valence-corrected chi connectivity index (χ2v) is 5.69. The zero-order chi connectivity index (χ0) is 15.1. The molecule has 1 N–H and O–H groups in total. The predicted molar refractivity (Wildman–Crippen MR) is 84.6 cm³/mol. The van der Waals surface area contributed by atoms with Gasteiger partial charge in [-0.15, -0.1) is 0 Å². The van der Waals surface area contributed by atoms with Crippen molar-refractivity contribution in [2.45, 2.75) is 39.2 Å². The van der Waals surface area contributed by atoms with Crippen molar-refractivity contribution in [3.8, 4) is 5.75 Å². The molecule has 0 radical (unpaired) electrons. The molecular formula is C17H26N2O2. The van der Waals surface area contributed by atoms with Gasteiger partial charge in [0.25, 0.3) is 0 Å². The van der Waals surface area contributed by atoms with E-state index in [1.807, 2.05) is 17.0 Å². The van der Waals surface area contributed by atoms with Gasteiger partial charge in [0.2, 0.25) is 5.91 Å². The molecule has 1 aliphatic heterocycles. The largest absolute Gasteiger partial charge is 0.494 e. The molecule has 0 saturated carbocycles. The lowest BCUT2D eigenvalue weighted by atomic mass is 10.1. The van der Waals surface area contributed by atoms with Crippen LogP contribution in [-0.2, 0) is 11.2 Å². The zero-order valence-electron chi connectivity index (χ0n) is 13.1. The van der Waals surface area contributed by atoms with E-state index < -0.39 is 0 Å². The Balaban J connectivity index is 1.78. The molecule has 1 saturated heterocycles. The first-order chi connectivity index (χ1) is 10.2. The van der Waals surface area contributed by atoms with Crippen LogP contribution in [0, 0.1) is 0 Å². The molecule has 1 unspecified atom stereocenters. The maximum absolute atomic E-state index is 12.2. The summed E-state index contributed by atoms with van der Waals surface area (Å²) in [6, 6.07) is 8.49. The molecular weight excluding hydrogens is 264 g/mol. The second kappa shape index (κ2) is 8.03. The van der Waals surface area contributed by atoms with E-state index in [1.165, 1.54) is 5.56 Å². The van der Waals surface area contributed by atoms with Crippen molar-refractivity contribution in [3.63, 3.8) is 0 Å². The topological polar surface area (TPSA) is 41.6 Å². The summed E-state index contributed by atoms with van der Waals surface area (Å²) in [4.78, 5) is 14.2. The highest BCUT2D eigenvalue weighted by Crippen LogP contribution is 2.14. The van der Waals surface area contributed by atoms with E-state index in [2.05, 4.69) is 31.3 Å².